The van der Waals surface area contributed by atoms with Gasteiger partial charge in [-0.25, -0.2) is 8.78 Å². The van der Waals surface area contributed by atoms with E-state index in [9.17, 15) is 13.6 Å². The summed E-state index contributed by atoms with van der Waals surface area (Å²) in [6.45, 7) is 0. The molecular formula is C8H5Cl2F2NO. The maximum Gasteiger partial charge on any atom is 0.281 e. The van der Waals surface area contributed by atoms with Gasteiger partial charge in [0.2, 0.25) is 0 Å². The van der Waals surface area contributed by atoms with Crippen LogP contribution in [0.3, 0.4) is 0 Å². The molecular weight excluding hydrogens is 235 g/mol. The molecule has 0 bridgehead atoms. The topological polar surface area (TPSA) is 30.0 Å². The highest BCUT2D eigenvalue weighted by molar-refractivity contribution is 6.67. The number of rotatable bonds is 3. The van der Waals surface area contributed by atoms with Crippen LogP contribution in [-0.2, 0) is 5.88 Å². The van der Waals surface area contributed by atoms with E-state index in [4.69, 9.17) is 23.2 Å². The molecule has 1 aromatic heterocycles. The van der Waals surface area contributed by atoms with Crippen molar-refractivity contribution in [3.8, 4) is 0 Å². The van der Waals surface area contributed by atoms with Gasteiger partial charge < -0.3 is 0 Å². The van der Waals surface area contributed by atoms with E-state index in [1.54, 1.807) is 0 Å². The van der Waals surface area contributed by atoms with Gasteiger partial charge in [0.15, 0.2) is 0 Å². The Morgan fingerprint density at radius 1 is 1.57 bits per heavy atom. The third kappa shape index (κ3) is 2.39. The third-order valence-corrected chi connectivity index (χ3v) is 2.06. The average Bonchev–Trinajstić information content (AvgIpc) is 2.16. The van der Waals surface area contributed by atoms with Gasteiger partial charge >= 0.3 is 0 Å². The largest absolute Gasteiger partial charge is 0.281 e. The van der Waals surface area contributed by atoms with Crippen LogP contribution >= 0.6 is 23.2 Å². The molecule has 1 heterocycles. The first-order valence-electron chi connectivity index (χ1n) is 3.59. The molecule has 0 radical (unpaired) electrons. The van der Waals surface area contributed by atoms with Gasteiger partial charge in [0.25, 0.3) is 11.7 Å². The highest BCUT2D eigenvalue weighted by Gasteiger charge is 2.19. The van der Waals surface area contributed by atoms with E-state index >= 15 is 0 Å². The predicted molar refractivity (Wildman–Crippen MR) is 48.9 cm³/mol. The molecule has 0 aliphatic rings. The molecule has 0 fully saturated rings. The molecule has 0 N–H and O–H groups in total. The molecule has 76 valence electrons. The van der Waals surface area contributed by atoms with Crippen LogP contribution < -0.4 is 0 Å². The minimum atomic E-state index is -2.82. The van der Waals surface area contributed by atoms with Gasteiger partial charge in [-0.2, -0.15) is 0 Å². The molecule has 0 unspecified atom stereocenters. The van der Waals surface area contributed by atoms with E-state index in [0.717, 1.165) is 0 Å². The summed E-state index contributed by atoms with van der Waals surface area (Å²) in [5, 5.41) is -0.959. The van der Waals surface area contributed by atoms with E-state index in [1.807, 2.05) is 0 Å². The van der Waals surface area contributed by atoms with Crippen molar-refractivity contribution in [3.05, 3.63) is 29.1 Å². The zero-order valence-corrected chi connectivity index (χ0v) is 8.32. The number of hydrogen-bond acceptors (Lipinski definition) is 2. The number of halogens is 4. The van der Waals surface area contributed by atoms with Crippen LogP contribution in [0.1, 0.15) is 28.0 Å². The first-order chi connectivity index (χ1) is 6.56. The third-order valence-electron chi connectivity index (χ3n) is 1.55. The molecule has 0 atom stereocenters. The highest BCUT2D eigenvalue weighted by atomic mass is 35.5. The lowest BCUT2D eigenvalue weighted by atomic mass is 10.1. The van der Waals surface area contributed by atoms with Crippen molar-refractivity contribution < 1.29 is 13.6 Å². The fraction of sp³-hybridized carbons (Fsp3) is 0.250. The second-order valence-corrected chi connectivity index (χ2v) is 3.09. The molecule has 0 aliphatic heterocycles. The van der Waals surface area contributed by atoms with Gasteiger partial charge in [0.05, 0.1) is 5.56 Å². The molecule has 0 amide bonds. The summed E-state index contributed by atoms with van der Waals surface area (Å²) < 4.78 is 24.6. The van der Waals surface area contributed by atoms with E-state index in [-0.39, 0.29) is 11.4 Å². The van der Waals surface area contributed by atoms with Gasteiger partial charge in [-0.15, -0.1) is 11.6 Å². The lowest BCUT2D eigenvalue weighted by Gasteiger charge is -2.04. The van der Waals surface area contributed by atoms with Crippen LogP contribution in [0.4, 0.5) is 8.78 Å². The summed E-state index contributed by atoms with van der Waals surface area (Å²) in [5.41, 5.74) is -0.432. The Morgan fingerprint density at radius 3 is 2.64 bits per heavy atom. The Balaban J connectivity index is 3.24. The fourth-order valence-electron chi connectivity index (χ4n) is 0.923. The lowest BCUT2D eigenvalue weighted by Crippen LogP contribution is -2.02. The van der Waals surface area contributed by atoms with E-state index in [2.05, 4.69) is 4.98 Å². The van der Waals surface area contributed by atoms with Crippen molar-refractivity contribution in [1.82, 2.24) is 4.98 Å². The van der Waals surface area contributed by atoms with Gasteiger partial charge in [-0.3, -0.25) is 9.78 Å². The molecule has 1 aromatic rings. The summed E-state index contributed by atoms with van der Waals surface area (Å²) in [5.74, 6) is 0.0910. The molecule has 2 nitrogen and oxygen atoms in total. The second-order valence-electron chi connectivity index (χ2n) is 2.48. The van der Waals surface area contributed by atoms with Gasteiger partial charge in [-0.1, -0.05) is 0 Å². The van der Waals surface area contributed by atoms with Crippen LogP contribution in [0.5, 0.6) is 0 Å². The van der Waals surface area contributed by atoms with Crippen molar-refractivity contribution in [1.29, 1.82) is 0 Å². The lowest BCUT2D eigenvalue weighted by molar-refractivity contribution is 0.106. The Kier molecular flexibility index (Phi) is 3.77. The summed E-state index contributed by atoms with van der Waals surface area (Å²) in [6, 6.07) is 1.22. The number of carbonyl (C=O) groups excluding carboxylic acids is 1. The second kappa shape index (κ2) is 4.66. The molecule has 1 rings (SSSR count). The normalized spacial score (nSPS) is 10.6. The predicted octanol–water partition coefficient (Wildman–Crippen LogP) is 3.14. The zero-order chi connectivity index (χ0) is 10.7. The Bertz CT molecular complexity index is 357. The Labute approximate surface area is 88.8 Å². The monoisotopic (exact) mass is 239 g/mol. The molecule has 0 aliphatic carbocycles. The molecule has 0 aromatic carbocycles. The molecule has 0 spiro atoms. The number of aromatic nitrogens is 1. The zero-order valence-electron chi connectivity index (χ0n) is 6.81. The Morgan fingerprint density at radius 2 is 2.21 bits per heavy atom. The first kappa shape index (κ1) is 11.3. The van der Waals surface area contributed by atoms with Crippen molar-refractivity contribution in [2.45, 2.75) is 12.3 Å². The highest BCUT2D eigenvalue weighted by Crippen LogP contribution is 2.23. The number of carbonyl (C=O) groups is 1. The summed E-state index contributed by atoms with van der Waals surface area (Å²) in [6.07, 6.45) is -1.63. The van der Waals surface area contributed by atoms with E-state index in [1.165, 1.54) is 12.3 Å². The van der Waals surface area contributed by atoms with Crippen LogP contribution in [0.15, 0.2) is 12.3 Å². The smallest absolute Gasteiger partial charge is 0.276 e. The number of nitrogens with zero attached hydrogens (tertiary/aromatic N) is 1. The summed E-state index contributed by atoms with van der Waals surface area (Å²) in [4.78, 5) is 14.2. The maximum absolute atomic E-state index is 12.3. The van der Waals surface area contributed by atoms with Crippen LogP contribution in [-0.4, -0.2) is 10.2 Å². The van der Waals surface area contributed by atoms with Crippen LogP contribution in [0, 0.1) is 0 Å². The van der Waals surface area contributed by atoms with Crippen LogP contribution in [0.2, 0.25) is 0 Å². The van der Waals surface area contributed by atoms with Gasteiger partial charge in [0.1, 0.15) is 5.69 Å². The number of pyridine rings is 1. The minimum absolute atomic E-state index is 0.0910. The minimum Gasteiger partial charge on any atom is -0.276 e. The van der Waals surface area contributed by atoms with E-state index in [0.29, 0.717) is 5.56 Å². The average molecular weight is 240 g/mol. The molecule has 14 heavy (non-hydrogen) atoms. The summed E-state index contributed by atoms with van der Waals surface area (Å²) in [7, 11) is 0. The van der Waals surface area contributed by atoms with E-state index < -0.39 is 17.4 Å². The number of alkyl halides is 3. The fourth-order valence-corrected chi connectivity index (χ4v) is 1.22. The van der Waals surface area contributed by atoms with Crippen molar-refractivity contribution in [2.24, 2.45) is 0 Å². The van der Waals surface area contributed by atoms with Crippen molar-refractivity contribution in [3.63, 3.8) is 0 Å². The number of hydrogen-bond donors (Lipinski definition) is 0. The quantitative estimate of drug-likeness (QED) is 0.600. The SMILES string of the molecule is O=C(Cl)c1cc(CCl)cnc1C(F)F. The summed E-state index contributed by atoms with van der Waals surface area (Å²) >= 11 is 10.6. The Hall–Kier alpha value is -0.740. The standard InChI is InChI=1S/C8H5Cl2F2NO/c9-2-4-1-5(7(10)14)6(8(11)12)13-3-4/h1,3,8H,2H2. The molecule has 6 heteroatoms. The maximum atomic E-state index is 12.3. The van der Waals surface area contributed by atoms with Crippen molar-refractivity contribution in [2.75, 3.05) is 0 Å². The van der Waals surface area contributed by atoms with Gasteiger partial charge in [0, 0.05) is 12.1 Å². The van der Waals surface area contributed by atoms with Crippen molar-refractivity contribution >= 4 is 28.4 Å². The van der Waals surface area contributed by atoms with Crippen LogP contribution in [0.25, 0.3) is 0 Å². The van der Waals surface area contributed by atoms with Gasteiger partial charge in [-0.05, 0) is 23.2 Å². The first-order valence-corrected chi connectivity index (χ1v) is 4.50. The molecule has 0 saturated heterocycles. The molecule has 0 saturated carbocycles.